The maximum atomic E-state index is 13.1. The van der Waals surface area contributed by atoms with Crippen LogP contribution < -0.4 is 4.90 Å². The number of ether oxygens (including phenoxy) is 1. The first-order valence-electron chi connectivity index (χ1n) is 8.85. The van der Waals surface area contributed by atoms with Gasteiger partial charge in [-0.15, -0.1) is 0 Å². The van der Waals surface area contributed by atoms with E-state index in [-0.39, 0.29) is 24.8 Å². The lowest BCUT2D eigenvalue weighted by Crippen LogP contribution is -2.39. The zero-order valence-electron chi connectivity index (χ0n) is 14.7. The molecule has 2 heterocycles. The number of aromatic amines is 1. The summed E-state index contributed by atoms with van der Waals surface area (Å²) in [6.07, 6.45) is 3.30. The summed E-state index contributed by atoms with van der Waals surface area (Å²) < 4.78 is 5.20. The van der Waals surface area contributed by atoms with Gasteiger partial charge in [-0.25, -0.2) is 4.98 Å². The van der Waals surface area contributed by atoms with Gasteiger partial charge in [0.25, 0.3) is 5.91 Å². The minimum Gasteiger partial charge on any atom is -0.452 e. The lowest BCUT2D eigenvalue weighted by Gasteiger charge is -2.25. The first-order valence-corrected chi connectivity index (χ1v) is 8.85. The summed E-state index contributed by atoms with van der Waals surface area (Å²) in [6.45, 7) is 0.276. The smallest absolute Gasteiger partial charge is 0.306 e. The highest BCUT2D eigenvalue weighted by Gasteiger charge is 2.34. The minimum atomic E-state index is -0.743. The Labute approximate surface area is 156 Å². The number of cyclic esters (lactones) is 1. The van der Waals surface area contributed by atoms with Crippen LogP contribution in [0.1, 0.15) is 18.7 Å². The zero-order valence-corrected chi connectivity index (χ0v) is 14.7. The average molecular weight is 361 g/mol. The van der Waals surface area contributed by atoms with Gasteiger partial charge in [0.1, 0.15) is 5.82 Å². The summed E-state index contributed by atoms with van der Waals surface area (Å²) in [6, 6.07) is 17.7. The number of rotatable bonds is 5. The molecule has 0 bridgehead atoms. The van der Waals surface area contributed by atoms with E-state index in [4.69, 9.17) is 4.74 Å². The number of carbonyl (C=O) groups excluding carboxylic acids is 2. The van der Waals surface area contributed by atoms with Crippen molar-refractivity contribution in [1.29, 1.82) is 0 Å². The molecular weight excluding hydrogens is 342 g/mol. The van der Waals surface area contributed by atoms with E-state index in [2.05, 4.69) is 9.97 Å². The number of nitrogens with one attached hydrogen (secondary N) is 1. The molecular formula is C21H19N3O3. The summed E-state index contributed by atoms with van der Waals surface area (Å²) >= 11 is 0. The Bertz CT molecular complexity index is 938. The Morgan fingerprint density at radius 3 is 2.67 bits per heavy atom. The molecule has 6 heteroatoms. The third-order valence-electron chi connectivity index (χ3n) is 4.55. The number of carbonyl (C=O) groups is 2. The van der Waals surface area contributed by atoms with E-state index in [1.807, 2.05) is 54.6 Å². The monoisotopic (exact) mass is 361 g/mol. The quantitative estimate of drug-likeness (QED) is 0.708. The molecule has 3 aromatic rings. The van der Waals surface area contributed by atoms with E-state index in [9.17, 15) is 9.59 Å². The fourth-order valence-corrected chi connectivity index (χ4v) is 3.19. The van der Waals surface area contributed by atoms with Crippen LogP contribution in [0.25, 0.3) is 11.1 Å². The Kier molecular flexibility index (Phi) is 4.70. The molecule has 0 aliphatic carbocycles. The van der Waals surface area contributed by atoms with Gasteiger partial charge in [0.15, 0.2) is 6.10 Å². The molecule has 1 fully saturated rings. The predicted octanol–water partition coefficient (Wildman–Crippen LogP) is 3.32. The molecule has 1 aromatic heterocycles. The second-order valence-corrected chi connectivity index (χ2v) is 6.39. The molecule has 1 amide bonds. The topological polar surface area (TPSA) is 75.3 Å². The fourth-order valence-electron chi connectivity index (χ4n) is 3.19. The second kappa shape index (κ2) is 7.45. The average Bonchev–Trinajstić information content (AvgIpc) is 3.38. The predicted molar refractivity (Wildman–Crippen MR) is 101 cm³/mol. The van der Waals surface area contributed by atoms with Crippen molar-refractivity contribution in [3.05, 3.63) is 72.8 Å². The number of hydrogen-bond donors (Lipinski definition) is 1. The molecule has 1 saturated heterocycles. The highest BCUT2D eigenvalue weighted by Crippen LogP contribution is 2.27. The summed E-state index contributed by atoms with van der Waals surface area (Å²) in [7, 11) is 0. The van der Waals surface area contributed by atoms with Crippen molar-refractivity contribution in [2.75, 3.05) is 4.90 Å². The Morgan fingerprint density at radius 2 is 1.96 bits per heavy atom. The van der Waals surface area contributed by atoms with E-state index < -0.39 is 6.10 Å². The lowest BCUT2D eigenvalue weighted by molar-refractivity contribution is -0.147. The van der Waals surface area contributed by atoms with E-state index in [0.29, 0.717) is 12.2 Å². The van der Waals surface area contributed by atoms with E-state index in [0.717, 1.165) is 16.8 Å². The lowest BCUT2D eigenvalue weighted by atomic mass is 10.0. The Hall–Kier alpha value is -3.41. The van der Waals surface area contributed by atoms with Crippen molar-refractivity contribution in [3.8, 4) is 11.1 Å². The minimum absolute atomic E-state index is 0.234. The van der Waals surface area contributed by atoms with Crippen LogP contribution >= 0.6 is 0 Å². The molecule has 4 rings (SSSR count). The largest absolute Gasteiger partial charge is 0.452 e. The number of amides is 1. The number of anilines is 1. The normalized spacial score (nSPS) is 16.1. The number of benzene rings is 2. The fraction of sp³-hybridized carbons (Fsp3) is 0.190. The van der Waals surface area contributed by atoms with Gasteiger partial charge in [0.05, 0.1) is 6.54 Å². The van der Waals surface area contributed by atoms with Gasteiger partial charge in [0.2, 0.25) is 0 Å². The van der Waals surface area contributed by atoms with Gasteiger partial charge in [0, 0.05) is 30.9 Å². The van der Waals surface area contributed by atoms with E-state index in [1.165, 1.54) is 0 Å². The molecule has 136 valence electrons. The van der Waals surface area contributed by atoms with Gasteiger partial charge < -0.3 is 14.6 Å². The number of nitrogens with zero attached hydrogens (tertiary/aromatic N) is 2. The van der Waals surface area contributed by atoms with Gasteiger partial charge in [-0.2, -0.15) is 0 Å². The second-order valence-electron chi connectivity index (χ2n) is 6.39. The van der Waals surface area contributed by atoms with Gasteiger partial charge in [-0.05, 0) is 23.3 Å². The number of imidazole rings is 1. The van der Waals surface area contributed by atoms with Crippen LogP contribution in [-0.2, 0) is 20.9 Å². The molecule has 1 aliphatic heterocycles. The molecule has 1 aliphatic rings. The molecule has 0 spiro atoms. The van der Waals surface area contributed by atoms with Crippen LogP contribution in [0.15, 0.2) is 67.0 Å². The third-order valence-corrected chi connectivity index (χ3v) is 4.55. The SMILES string of the molecule is O=C1CC[C@H](C(=O)N(Cc2ncc[nH]2)c2cccc(-c3ccccc3)c2)O1. The summed E-state index contributed by atoms with van der Waals surface area (Å²) in [5.41, 5.74) is 2.81. The van der Waals surface area contributed by atoms with Crippen molar-refractivity contribution in [1.82, 2.24) is 9.97 Å². The Balaban J connectivity index is 1.67. The summed E-state index contributed by atoms with van der Waals surface area (Å²) in [5, 5.41) is 0. The van der Waals surface area contributed by atoms with E-state index in [1.54, 1.807) is 17.3 Å². The van der Waals surface area contributed by atoms with Gasteiger partial charge >= 0.3 is 5.97 Å². The van der Waals surface area contributed by atoms with Gasteiger partial charge in [-0.3, -0.25) is 9.59 Å². The highest BCUT2D eigenvalue weighted by atomic mass is 16.6. The molecule has 27 heavy (non-hydrogen) atoms. The van der Waals surface area contributed by atoms with Crippen LogP contribution in [0, 0.1) is 0 Å². The van der Waals surface area contributed by atoms with Crippen molar-refractivity contribution < 1.29 is 14.3 Å². The van der Waals surface area contributed by atoms with Crippen molar-refractivity contribution in [2.45, 2.75) is 25.5 Å². The van der Waals surface area contributed by atoms with Crippen molar-refractivity contribution in [3.63, 3.8) is 0 Å². The standard InChI is InChI=1S/C21H19N3O3/c25-20-10-9-18(27-20)21(26)24(14-19-22-11-12-23-19)17-8-4-7-16(13-17)15-5-2-1-3-6-15/h1-8,11-13,18H,9-10,14H2,(H,22,23)/t18-/m1/s1. The van der Waals surface area contributed by atoms with E-state index >= 15 is 0 Å². The number of aromatic nitrogens is 2. The van der Waals surface area contributed by atoms with Crippen molar-refractivity contribution in [2.24, 2.45) is 0 Å². The van der Waals surface area contributed by atoms with Crippen LogP contribution in [0.2, 0.25) is 0 Å². The maximum Gasteiger partial charge on any atom is 0.306 e. The Morgan fingerprint density at radius 1 is 1.15 bits per heavy atom. The molecule has 0 saturated carbocycles. The molecule has 0 radical (unpaired) electrons. The number of esters is 1. The zero-order chi connectivity index (χ0) is 18.6. The van der Waals surface area contributed by atoms with Crippen LogP contribution in [0.4, 0.5) is 5.69 Å². The highest BCUT2D eigenvalue weighted by molar-refractivity contribution is 5.99. The van der Waals surface area contributed by atoms with Crippen LogP contribution in [0.5, 0.6) is 0 Å². The third kappa shape index (κ3) is 3.74. The van der Waals surface area contributed by atoms with Crippen LogP contribution in [0.3, 0.4) is 0 Å². The van der Waals surface area contributed by atoms with Crippen LogP contribution in [-0.4, -0.2) is 27.9 Å². The molecule has 1 atom stereocenters. The number of hydrogen-bond acceptors (Lipinski definition) is 4. The first kappa shape index (κ1) is 17.0. The number of H-pyrrole nitrogens is 1. The first-order chi connectivity index (χ1) is 13.2. The molecule has 2 aromatic carbocycles. The molecule has 1 N–H and O–H groups in total. The molecule has 0 unspecified atom stereocenters. The molecule has 6 nitrogen and oxygen atoms in total. The maximum absolute atomic E-state index is 13.1. The summed E-state index contributed by atoms with van der Waals surface area (Å²) in [4.78, 5) is 33.4. The summed E-state index contributed by atoms with van der Waals surface area (Å²) in [5.74, 6) is 0.101. The van der Waals surface area contributed by atoms with Gasteiger partial charge in [-0.1, -0.05) is 42.5 Å². The van der Waals surface area contributed by atoms with Crippen molar-refractivity contribution >= 4 is 17.6 Å².